The highest BCUT2D eigenvalue weighted by Gasteiger charge is 1.98. The largest absolute Gasteiger partial charge is 0.411 e. The fraction of sp³-hybridized carbons (Fsp3) is 0. The fourth-order valence-corrected chi connectivity index (χ4v) is 0.820. The second-order valence-corrected chi connectivity index (χ2v) is 1.89. The molecule has 0 aromatic carbocycles. The lowest BCUT2D eigenvalue weighted by atomic mass is 10.4. The van der Waals surface area contributed by atoms with E-state index in [2.05, 4.69) is 14.4 Å². The Morgan fingerprint density at radius 1 is 1.50 bits per heavy atom. The van der Waals surface area contributed by atoms with Crippen LogP contribution in [0.1, 0.15) is 0 Å². The second-order valence-electron chi connectivity index (χ2n) is 1.89. The maximum atomic E-state index is 10.8. The highest BCUT2D eigenvalue weighted by Crippen LogP contribution is 2.01. The summed E-state index contributed by atoms with van der Waals surface area (Å²) >= 11 is 0. The molecule has 0 radical (unpaired) electrons. The van der Waals surface area contributed by atoms with Gasteiger partial charge in [-0.1, -0.05) is 0 Å². The van der Waals surface area contributed by atoms with Crippen LogP contribution in [0, 0.1) is 0 Å². The molecular weight excluding hydrogens is 132 g/mol. The molecule has 2 rings (SSSR count). The number of aromatic nitrogens is 2. The lowest BCUT2D eigenvalue weighted by Gasteiger charge is -1.81. The van der Waals surface area contributed by atoms with Gasteiger partial charge < -0.3 is 9.40 Å². The van der Waals surface area contributed by atoms with Gasteiger partial charge >= 0.3 is 5.63 Å². The van der Waals surface area contributed by atoms with E-state index in [1.54, 1.807) is 12.4 Å². The van der Waals surface area contributed by atoms with Gasteiger partial charge in [0.05, 0.1) is 5.52 Å². The van der Waals surface area contributed by atoms with Crippen molar-refractivity contribution in [3.05, 3.63) is 29.2 Å². The van der Waals surface area contributed by atoms with E-state index in [1.807, 2.05) is 0 Å². The van der Waals surface area contributed by atoms with Gasteiger partial charge in [0.1, 0.15) is 5.39 Å². The minimum atomic E-state index is -0.355. The molecule has 0 aliphatic carbocycles. The smallest absolute Gasteiger partial charge is 0.348 e. The van der Waals surface area contributed by atoms with E-state index >= 15 is 0 Å². The number of rotatable bonds is 0. The molecule has 10 heavy (non-hydrogen) atoms. The zero-order valence-electron chi connectivity index (χ0n) is 5.00. The van der Waals surface area contributed by atoms with Crippen molar-refractivity contribution < 1.29 is 4.42 Å². The molecule has 0 saturated heterocycles. The molecule has 0 unspecified atom stereocenters. The SMILES string of the molecule is O=c1ocnc2c[nH]cc12. The van der Waals surface area contributed by atoms with Crippen molar-refractivity contribution in [3.63, 3.8) is 0 Å². The molecule has 4 heteroatoms. The van der Waals surface area contributed by atoms with Gasteiger partial charge in [0, 0.05) is 12.4 Å². The van der Waals surface area contributed by atoms with E-state index in [9.17, 15) is 4.79 Å². The van der Waals surface area contributed by atoms with E-state index in [4.69, 9.17) is 0 Å². The summed E-state index contributed by atoms with van der Waals surface area (Å²) in [5.41, 5.74) is 0.280. The van der Waals surface area contributed by atoms with Crippen molar-refractivity contribution in [3.8, 4) is 0 Å². The molecular formula is C6H4N2O2. The van der Waals surface area contributed by atoms with Gasteiger partial charge in [-0.25, -0.2) is 9.78 Å². The van der Waals surface area contributed by atoms with E-state index in [-0.39, 0.29) is 5.63 Å². The molecule has 0 spiro atoms. The van der Waals surface area contributed by atoms with Gasteiger partial charge in [-0.3, -0.25) is 0 Å². The normalized spacial score (nSPS) is 10.4. The number of nitrogens with zero attached hydrogens (tertiary/aromatic N) is 1. The Morgan fingerprint density at radius 2 is 2.40 bits per heavy atom. The predicted molar refractivity (Wildman–Crippen MR) is 34.6 cm³/mol. The molecule has 0 bridgehead atoms. The monoisotopic (exact) mass is 136 g/mol. The molecule has 0 aliphatic heterocycles. The molecule has 2 aromatic rings. The zero-order chi connectivity index (χ0) is 6.97. The van der Waals surface area contributed by atoms with Crippen molar-refractivity contribution in [2.45, 2.75) is 0 Å². The van der Waals surface area contributed by atoms with Crippen LogP contribution in [0.5, 0.6) is 0 Å². The van der Waals surface area contributed by atoms with Gasteiger partial charge in [-0.05, 0) is 0 Å². The van der Waals surface area contributed by atoms with Crippen LogP contribution in [0.4, 0.5) is 0 Å². The van der Waals surface area contributed by atoms with Crippen LogP contribution >= 0.6 is 0 Å². The molecule has 0 saturated carbocycles. The van der Waals surface area contributed by atoms with Crippen LogP contribution in [0.2, 0.25) is 0 Å². The third kappa shape index (κ3) is 0.556. The van der Waals surface area contributed by atoms with Crippen molar-refractivity contribution in [2.75, 3.05) is 0 Å². The lowest BCUT2D eigenvalue weighted by Crippen LogP contribution is -1.96. The van der Waals surface area contributed by atoms with Crippen LogP contribution < -0.4 is 5.63 Å². The predicted octanol–water partition coefficient (Wildman–Crippen LogP) is 0.516. The van der Waals surface area contributed by atoms with Gasteiger partial charge in [0.2, 0.25) is 0 Å². The minimum absolute atomic E-state index is 0.355. The van der Waals surface area contributed by atoms with Crippen molar-refractivity contribution in [1.82, 2.24) is 9.97 Å². The highest BCUT2D eigenvalue weighted by atomic mass is 16.4. The molecule has 0 atom stereocenters. The Labute approximate surface area is 55.5 Å². The first kappa shape index (κ1) is 5.22. The number of hydrogen-bond acceptors (Lipinski definition) is 3. The van der Waals surface area contributed by atoms with Crippen LogP contribution in [-0.4, -0.2) is 9.97 Å². The summed E-state index contributed by atoms with van der Waals surface area (Å²) < 4.78 is 4.51. The van der Waals surface area contributed by atoms with Crippen molar-refractivity contribution in [1.29, 1.82) is 0 Å². The number of aromatic amines is 1. The topological polar surface area (TPSA) is 58.9 Å². The summed E-state index contributed by atoms with van der Waals surface area (Å²) in [5, 5.41) is 0.488. The maximum absolute atomic E-state index is 10.8. The number of nitrogens with one attached hydrogen (secondary N) is 1. The first-order valence-electron chi connectivity index (χ1n) is 2.78. The average molecular weight is 136 g/mol. The highest BCUT2D eigenvalue weighted by molar-refractivity contribution is 5.75. The summed E-state index contributed by atoms with van der Waals surface area (Å²) in [6.07, 6.45) is 4.35. The van der Waals surface area contributed by atoms with E-state index in [0.717, 1.165) is 6.39 Å². The third-order valence-electron chi connectivity index (χ3n) is 1.30. The van der Waals surface area contributed by atoms with Gasteiger partial charge in [0.25, 0.3) is 0 Å². The molecule has 4 nitrogen and oxygen atoms in total. The first-order chi connectivity index (χ1) is 4.88. The van der Waals surface area contributed by atoms with E-state index in [0.29, 0.717) is 10.9 Å². The summed E-state index contributed by atoms with van der Waals surface area (Å²) in [6, 6.07) is 0. The van der Waals surface area contributed by atoms with Crippen LogP contribution in [0.3, 0.4) is 0 Å². The fourth-order valence-electron chi connectivity index (χ4n) is 0.820. The number of H-pyrrole nitrogens is 1. The Morgan fingerprint density at radius 3 is 3.20 bits per heavy atom. The molecule has 0 aliphatic rings. The minimum Gasteiger partial charge on any atom is -0.411 e. The van der Waals surface area contributed by atoms with Gasteiger partial charge in [0.15, 0.2) is 6.39 Å². The van der Waals surface area contributed by atoms with Crippen LogP contribution in [0.25, 0.3) is 10.9 Å². The van der Waals surface area contributed by atoms with E-state index < -0.39 is 0 Å². The average Bonchev–Trinajstić information content (AvgIpc) is 2.36. The lowest BCUT2D eigenvalue weighted by molar-refractivity contribution is 0.501. The molecule has 2 aromatic heterocycles. The third-order valence-corrected chi connectivity index (χ3v) is 1.30. The Kier molecular flexibility index (Phi) is 0.887. The number of fused-ring (bicyclic) bond motifs is 1. The Bertz CT molecular complexity index is 401. The molecule has 0 fully saturated rings. The standard InChI is InChI=1S/C6H4N2O2/c9-6-4-1-7-2-5(4)8-3-10-6/h1-3,7H. The maximum Gasteiger partial charge on any atom is 0.348 e. The summed E-state index contributed by atoms with van der Waals surface area (Å²) in [7, 11) is 0. The Hall–Kier alpha value is -1.58. The van der Waals surface area contributed by atoms with Gasteiger partial charge in [-0.2, -0.15) is 0 Å². The van der Waals surface area contributed by atoms with Crippen LogP contribution in [0.15, 0.2) is 28.0 Å². The van der Waals surface area contributed by atoms with Gasteiger partial charge in [-0.15, -0.1) is 0 Å². The molecule has 1 N–H and O–H groups in total. The molecule has 50 valence electrons. The molecule has 2 heterocycles. The summed E-state index contributed by atoms with van der Waals surface area (Å²) in [5.74, 6) is 0. The van der Waals surface area contributed by atoms with Crippen molar-refractivity contribution in [2.24, 2.45) is 0 Å². The Balaban J connectivity index is 3.09. The van der Waals surface area contributed by atoms with Crippen molar-refractivity contribution >= 4 is 10.9 Å². The van der Waals surface area contributed by atoms with E-state index in [1.165, 1.54) is 0 Å². The summed E-state index contributed by atoms with van der Waals surface area (Å²) in [4.78, 5) is 17.4. The molecule has 0 amide bonds. The quantitative estimate of drug-likeness (QED) is 0.574. The number of hydrogen-bond donors (Lipinski definition) is 1. The second kappa shape index (κ2) is 1.70. The first-order valence-corrected chi connectivity index (χ1v) is 2.78. The van der Waals surface area contributed by atoms with Crippen LogP contribution in [-0.2, 0) is 0 Å². The summed E-state index contributed by atoms with van der Waals surface area (Å²) in [6.45, 7) is 0. The zero-order valence-corrected chi connectivity index (χ0v) is 5.00.